The Bertz CT molecular complexity index is 1490. The number of carbonyl (C=O) groups excluding carboxylic acids is 2. The summed E-state index contributed by atoms with van der Waals surface area (Å²) in [6.07, 6.45) is 4.22. The predicted molar refractivity (Wildman–Crippen MR) is 166 cm³/mol. The van der Waals surface area contributed by atoms with Crippen molar-refractivity contribution >= 4 is 27.5 Å². The fraction of sp³-hybridized carbons (Fsp3) is 0.394. The molecule has 5 rings (SSSR count). The molecule has 228 valence electrons. The molecule has 1 atom stereocenters. The number of carbonyl (C=O) groups is 2. The molecule has 0 saturated heterocycles. The Morgan fingerprint density at radius 3 is 2.16 bits per heavy atom. The Balaban J connectivity index is 1.50. The lowest BCUT2D eigenvalue weighted by molar-refractivity contribution is -0.140. The van der Waals surface area contributed by atoms with Gasteiger partial charge in [0.15, 0.2) is 11.5 Å². The summed E-state index contributed by atoms with van der Waals surface area (Å²) in [5.41, 5.74) is 2.05. The minimum Gasteiger partial charge on any atom is -0.486 e. The van der Waals surface area contributed by atoms with Crippen molar-refractivity contribution < 1.29 is 27.5 Å². The fourth-order valence-electron chi connectivity index (χ4n) is 5.61. The maximum atomic E-state index is 14.3. The van der Waals surface area contributed by atoms with E-state index in [0.29, 0.717) is 36.8 Å². The molecule has 1 fully saturated rings. The second-order valence-electron chi connectivity index (χ2n) is 10.9. The zero-order chi connectivity index (χ0) is 30.2. The highest BCUT2D eigenvalue weighted by atomic mass is 32.2. The number of nitrogens with zero attached hydrogens (tertiary/aromatic N) is 2. The second kappa shape index (κ2) is 13.9. The molecule has 0 aromatic heterocycles. The quantitative estimate of drug-likeness (QED) is 0.330. The third kappa shape index (κ3) is 7.67. The van der Waals surface area contributed by atoms with Crippen LogP contribution < -0.4 is 19.1 Å². The monoisotopic (exact) mass is 605 g/mol. The van der Waals surface area contributed by atoms with Gasteiger partial charge in [0.25, 0.3) is 0 Å². The normalized spacial score (nSPS) is 15.5. The van der Waals surface area contributed by atoms with Gasteiger partial charge in [0.05, 0.1) is 11.4 Å². The van der Waals surface area contributed by atoms with E-state index in [2.05, 4.69) is 5.32 Å². The van der Waals surface area contributed by atoms with E-state index in [-0.39, 0.29) is 24.2 Å². The Kier molecular flexibility index (Phi) is 9.86. The first-order chi connectivity index (χ1) is 20.8. The van der Waals surface area contributed by atoms with Crippen LogP contribution in [-0.4, -0.2) is 62.7 Å². The average molecular weight is 606 g/mol. The van der Waals surface area contributed by atoms with Gasteiger partial charge >= 0.3 is 0 Å². The molecule has 1 saturated carbocycles. The lowest BCUT2D eigenvalue weighted by Gasteiger charge is -2.34. The van der Waals surface area contributed by atoms with Crippen molar-refractivity contribution in [1.82, 2.24) is 10.2 Å². The molecule has 43 heavy (non-hydrogen) atoms. The third-order valence-corrected chi connectivity index (χ3v) is 9.70. The second-order valence-corrected chi connectivity index (χ2v) is 13.1. The molecule has 0 bridgehead atoms. The lowest BCUT2D eigenvalue weighted by atomic mass is 10.0. The summed E-state index contributed by atoms with van der Waals surface area (Å²) in [5.74, 6) is 0.0321. The van der Waals surface area contributed by atoms with Crippen LogP contribution in [0, 0.1) is 0 Å². The third-order valence-electron chi connectivity index (χ3n) is 7.96. The van der Waals surface area contributed by atoms with Crippen molar-refractivity contribution in [2.45, 2.75) is 57.7 Å². The van der Waals surface area contributed by atoms with Crippen LogP contribution in [0.25, 0.3) is 0 Å². The standard InChI is InChI=1S/C33H39N3O6S/c1-2-43(39,40)36(28-17-18-30-31(22-28)42-20-19-41-30)24-32(37)35(23-26-13-7-4-8-14-26)29(21-25-11-5-3-6-12-25)33(38)34-27-15-9-10-16-27/h3-8,11-14,17-18,22,27,29H,2,9-10,15-16,19-21,23-24H2,1H3,(H,34,38). The highest BCUT2D eigenvalue weighted by Crippen LogP contribution is 2.35. The van der Waals surface area contributed by atoms with Crippen LogP contribution in [0.15, 0.2) is 78.9 Å². The predicted octanol–water partition coefficient (Wildman–Crippen LogP) is 4.31. The molecule has 0 spiro atoms. The summed E-state index contributed by atoms with van der Waals surface area (Å²) < 4.78 is 39.2. The van der Waals surface area contributed by atoms with E-state index in [1.54, 1.807) is 25.1 Å². The van der Waals surface area contributed by atoms with Gasteiger partial charge in [-0.05, 0) is 43.0 Å². The molecule has 2 aliphatic rings. The van der Waals surface area contributed by atoms with Gasteiger partial charge in [0.2, 0.25) is 21.8 Å². The Morgan fingerprint density at radius 1 is 0.884 bits per heavy atom. The van der Waals surface area contributed by atoms with Crippen molar-refractivity contribution in [3.8, 4) is 11.5 Å². The summed E-state index contributed by atoms with van der Waals surface area (Å²) in [4.78, 5) is 29.8. The van der Waals surface area contributed by atoms with E-state index in [4.69, 9.17) is 9.47 Å². The summed E-state index contributed by atoms with van der Waals surface area (Å²) in [7, 11) is -3.88. The number of sulfonamides is 1. The molecule has 3 aromatic carbocycles. The van der Waals surface area contributed by atoms with Crippen LogP contribution in [0.4, 0.5) is 5.69 Å². The molecule has 1 aliphatic carbocycles. The maximum absolute atomic E-state index is 14.3. The van der Waals surface area contributed by atoms with E-state index < -0.39 is 28.5 Å². The molecule has 1 heterocycles. The van der Waals surface area contributed by atoms with Crippen molar-refractivity contribution in [3.05, 3.63) is 90.0 Å². The molecule has 10 heteroatoms. The number of benzene rings is 3. The van der Waals surface area contributed by atoms with Crippen LogP contribution in [0.3, 0.4) is 0 Å². The molecule has 1 unspecified atom stereocenters. The number of nitrogens with one attached hydrogen (secondary N) is 1. The van der Waals surface area contributed by atoms with E-state index in [1.807, 2.05) is 60.7 Å². The molecule has 1 aliphatic heterocycles. The minimum absolute atomic E-state index is 0.0640. The highest BCUT2D eigenvalue weighted by molar-refractivity contribution is 7.92. The van der Waals surface area contributed by atoms with Crippen LogP contribution >= 0.6 is 0 Å². The number of anilines is 1. The van der Waals surface area contributed by atoms with Gasteiger partial charge in [-0.3, -0.25) is 13.9 Å². The average Bonchev–Trinajstić information content (AvgIpc) is 3.55. The summed E-state index contributed by atoms with van der Waals surface area (Å²) >= 11 is 0. The largest absolute Gasteiger partial charge is 0.486 e. The highest BCUT2D eigenvalue weighted by Gasteiger charge is 2.35. The van der Waals surface area contributed by atoms with E-state index in [9.17, 15) is 18.0 Å². The topological polar surface area (TPSA) is 105 Å². The zero-order valence-electron chi connectivity index (χ0n) is 24.5. The molecule has 9 nitrogen and oxygen atoms in total. The fourth-order valence-corrected chi connectivity index (χ4v) is 6.66. The van der Waals surface area contributed by atoms with Crippen LogP contribution in [-0.2, 0) is 32.6 Å². The van der Waals surface area contributed by atoms with Crippen LogP contribution in [0.2, 0.25) is 0 Å². The summed E-state index contributed by atoms with van der Waals surface area (Å²) in [6, 6.07) is 23.1. The summed E-state index contributed by atoms with van der Waals surface area (Å²) in [5, 5.41) is 3.19. The SMILES string of the molecule is CCS(=O)(=O)N(CC(=O)N(Cc1ccccc1)C(Cc1ccccc1)C(=O)NC1CCCC1)c1ccc2c(c1)OCCO2. The Hall–Kier alpha value is -4.05. The Morgan fingerprint density at radius 2 is 1.51 bits per heavy atom. The molecule has 3 aromatic rings. The zero-order valence-corrected chi connectivity index (χ0v) is 25.3. The first-order valence-electron chi connectivity index (χ1n) is 14.9. The maximum Gasteiger partial charge on any atom is 0.244 e. The minimum atomic E-state index is -3.88. The number of fused-ring (bicyclic) bond motifs is 1. The van der Waals surface area contributed by atoms with Gasteiger partial charge < -0.3 is 19.7 Å². The number of hydrogen-bond donors (Lipinski definition) is 1. The van der Waals surface area contributed by atoms with Crippen molar-refractivity contribution in [1.29, 1.82) is 0 Å². The molecule has 2 amide bonds. The molecular weight excluding hydrogens is 566 g/mol. The number of hydrogen-bond acceptors (Lipinski definition) is 6. The van der Waals surface area contributed by atoms with Gasteiger partial charge in [-0.2, -0.15) is 0 Å². The van der Waals surface area contributed by atoms with Crippen molar-refractivity contribution in [2.24, 2.45) is 0 Å². The molecular formula is C33H39N3O6S. The lowest BCUT2D eigenvalue weighted by Crippen LogP contribution is -2.54. The van der Waals surface area contributed by atoms with Crippen LogP contribution in [0.5, 0.6) is 11.5 Å². The van der Waals surface area contributed by atoms with Gasteiger partial charge in [-0.25, -0.2) is 8.42 Å². The number of ether oxygens (including phenoxy) is 2. The van der Waals surface area contributed by atoms with E-state index in [1.165, 1.54) is 4.90 Å². The van der Waals surface area contributed by atoms with Gasteiger partial charge in [-0.15, -0.1) is 0 Å². The first-order valence-corrected chi connectivity index (χ1v) is 16.5. The van der Waals surface area contributed by atoms with Crippen LogP contribution in [0.1, 0.15) is 43.7 Å². The van der Waals surface area contributed by atoms with Gasteiger partial charge in [0, 0.05) is 25.1 Å². The van der Waals surface area contributed by atoms with E-state index in [0.717, 1.165) is 41.1 Å². The van der Waals surface area contributed by atoms with Crippen molar-refractivity contribution in [3.63, 3.8) is 0 Å². The molecule has 0 radical (unpaired) electrons. The van der Waals surface area contributed by atoms with Crippen molar-refractivity contribution in [2.75, 3.05) is 29.8 Å². The first kappa shape index (κ1) is 30.4. The number of amides is 2. The number of rotatable bonds is 12. The van der Waals surface area contributed by atoms with Gasteiger partial charge in [-0.1, -0.05) is 73.5 Å². The smallest absolute Gasteiger partial charge is 0.244 e. The van der Waals surface area contributed by atoms with E-state index >= 15 is 0 Å². The Labute approximate surface area is 253 Å². The summed E-state index contributed by atoms with van der Waals surface area (Å²) in [6.45, 7) is 1.97. The molecule has 1 N–H and O–H groups in total. The van der Waals surface area contributed by atoms with Gasteiger partial charge in [0.1, 0.15) is 25.8 Å².